The summed E-state index contributed by atoms with van der Waals surface area (Å²) in [6.45, 7) is 8.68. The number of nitrogens with zero attached hydrogens (tertiary/aromatic N) is 1. The molecular weight excluding hydrogens is 276 g/mol. The maximum absolute atomic E-state index is 4.82. The van der Waals surface area contributed by atoms with Crippen LogP contribution in [-0.4, -0.2) is 11.0 Å². The van der Waals surface area contributed by atoms with Crippen molar-refractivity contribution in [3.8, 4) is 0 Å². The second kappa shape index (κ2) is 5.90. The smallest absolute Gasteiger partial charge is 0.115 e. The molecule has 1 fully saturated rings. The summed E-state index contributed by atoms with van der Waals surface area (Å²) in [5.41, 5.74) is 4.10. The van der Waals surface area contributed by atoms with Crippen LogP contribution in [0.2, 0.25) is 0 Å². The van der Waals surface area contributed by atoms with E-state index in [0.717, 1.165) is 11.6 Å². The van der Waals surface area contributed by atoms with Crippen molar-refractivity contribution in [1.29, 1.82) is 0 Å². The Bertz CT molecular complexity index is 606. The van der Waals surface area contributed by atoms with Gasteiger partial charge in [0.15, 0.2) is 0 Å². The van der Waals surface area contributed by atoms with E-state index >= 15 is 0 Å². The third-order valence-corrected chi connectivity index (χ3v) is 5.25. The second-order valence-corrected chi connectivity index (χ2v) is 7.59. The Kier molecular flexibility index (Phi) is 4.14. The Morgan fingerprint density at radius 2 is 1.90 bits per heavy atom. The maximum atomic E-state index is 4.82. The van der Waals surface area contributed by atoms with Crippen molar-refractivity contribution in [3.05, 3.63) is 51.0 Å². The van der Waals surface area contributed by atoms with Gasteiger partial charge in [0, 0.05) is 10.9 Å². The molecule has 2 aromatic rings. The van der Waals surface area contributed by atoms with Gasteiger partial charge in [-0.05, 0) is 57.6 Å². The molecule has 1 unspecified atom stereocenters. The number of benzene rings is 1. The van der Waals surface area contributed by atoms with Crippen LogP contribution < -0.4 is 5.32 Å². The lowest BCUT2D eigenvalue weighted by Crippen LogP contribution is -2.29. The maximum Gasteiger partial charge on any atom is 0.115 e. The fourth-order valence-corrected chi connectivity index (χ4v) is 3.79. The van der Waals surface area contributed by atoms with Gasteiger partial charge in [0.25, 0.3) is 0 Å². The van der Waals surface area contributed by atoms with Gasteiger partial charge in [0.1, 0.15) is 5.01 Å². The van der Waals surface area contributed by atoms with Crippen molar-refractivity contribution in [2.45, 2.75) is 58.5 Å². The third-order valence-electron chi connectivity index (χ3n) is 4.12. The van der Waals surface area contributed by atoms with Gasteiger partial charge in [-0.25, -0.2) is 4.98 Å². The first kappa shape index (κ1) is 14.7. The molecule has 0 aliphatic heterocycles. The van der Waals surface area contributed by atoms with E-state index < -0.39 is 0 Å². The summed E-state index contributed by atoms with van der Waals surface area (Å²) < 4.78 is 0. The van der Waals surface area contributed by atoms with Gasteiger partial charge in [0.2, 0.25) is 0 Å². The van der Waals surface area contributed by atoms with E-state index in [2.05, 4.69) is 57.3 Å². The van der Waals surface area contributed by atoms with Crippen molar-refractivity contribution in [2.24, 2.45) is 0 Å². The van der Waals surface area contributed by atoms with Crippen molar-refractivity contribution < 1.29 is 0 Å². The minimum absolute atomic E-state index is 0.221. The predicted octanol–water partition coefficient (Wildman–Crippen LogP) is 4.72. The van der Waals surface area contributed by atoms with Crippen LogP contribution in [0, 0.1) is 13.8 Å². The number of nitrogens with one attached hydrogen (secondary N) is 1. The lowest BCUT2D eigenvalue weighted by atomic mass is 9.97. The molecule has 0 bridgehead atoms. The van der Waals surface area contributed by atoms with Crippen LogP contribution in [0.15, 0.2) is 24.3 Å². The van der Waals surface area contributed by atoms with Gasteiger partial charge in [-0.3, -0.25) is 0 Å². The molecule has 1 heterocycles. The summed E-state index contributed by atoms with van der Waals surface area (Å²) >= 11 is 1.83. The minimum Gasteiger partial charge on any atom is -0.302 e. The number of hydrogen-bond donors (Lipinski definition) is 1. The summed E-state index contributed by atoms with van der Waals surface area (Å²) in [5, 5.41) is 4.92. The highest BCUT2D eigenvalue weighted by molar-refractivity contribution is 7.11. The molecule has 1 aromatic carbocycles. The molecule has 1 aliphatic carbocycles. The number of aromatic nitrogens is 1. The summed E-state index contributed by atoms with van der Waals surface area (Å²) in [4.78, 5) is 6.14. The second-order valence-electron chi connectivity index (χ2n) is 6.35. The van der Waals surface area contributed by atoms with E-state index in [4.69, 9.17) is 4.98 Å². The fourth-order valence-electron chi connectivity index (χ4n) is 2.79. The van der Waals surface area contributed by atoms with E-state index in [1.165, 1.54) is 33.9 Å². The van der Waals surface area contributed by atoms with Crippen molar-refractivity contribution in [2.75, 3.05) is 0 Å². The largest absolute Gasteiger partial charge is 0.302 e. The average Bonchev–Trinajstić information content (AvgIpc) is 3.23. The normalized spacial score (nSPS) is 16.4. The molecule has 112 valence electrons. The topological polar surface area (TPSA) is 24.9 Å². The average molecular weight is 300 g/mol. The highest BCUT2D eigenvalue weighted by atomic mass is 32.1. The Balaban J connectivity index is 2.03. The third kappa shape index (κ3) is 3.19. The first-order valence-corrected chi connectivity index (χ1v) is 8.66. The summed E-state index contributed by atoms with van der Waals surface area (Å²) in [5.74, 6) is 0.764. The quantitative estimate of drug-likeness (QED) is 0.864. The summed E-state index contributed by atoms with van der Waals surface area (Å²) in [6, 6.07) is 9.56. The molecule has 1 aromatic heterocycles. The number of hydrogen-bond acceptors (Lipinski definition) is 3. The van der Waals surface area contributed by atoms with E-state index in [9.17, 15) is 0 Å². The fraction of sp³-hybridized carbons (Fsp3) is 0.500. The van der Waals surface area contributed by atoms with E-state index in [0.29, 0.717) is 6.04 Å². The van der Waals surface area contributed by atoms with Crippen LogP contribution in [-0.2, 0) is 0 Å². The molecule has 1 N–H and O–H groups in total. The number of aryl methyl sites for hydroxylation is 2. The Morgan fingerprint density at radius 1 is 1.19 bits per heavy atom. The molecular formula is C18H24N2S. The standard InChI is InChI=1S/C18H24N2S/c1-11(2)19-17(18-20-12(3)13(4)21-18)16-8-6-5-7-15(16)14-9-10-14/h5-8,11,14,17,19H,9-10H2,1-4H3. The van der Waals surface area contributed by atoms with Gasteiger partial charge in [0.05, 0.1) is 11.7 Å². The predicted molar refractivity (Wildman–Crippen MR) is 90.1 cm³/mol. The van der Waals surface area contributed by atoms with Gasteiger partial charge in [-0.15, -0.1) is 11.3 Å². The molecule has 3 rings (SSSR count). The molecule has 0 amide bonds. The summed E-state index contributed by atoms with van der Waals surface area (Å²) in [7, 11) is 0. The van der Waals surface area contributed by atoms with E-state index in [1.54, 1.807) is 0 Å². The van der Waals surface area contributed by atoms with E-state index in [1.807, 2.05) is 11.3 Å². The molecule has 2 nitrogen and oxygen atoms in total. The molecule has 0 saturated heterocycles. The van der Waals surface area contributed by atoms with Gasteiger partial charge in [-0.2, -0.15) is 0 Å². The molecule has 1 saturated carbocycles. The number of thiazole rings is 1. The number of rotatable bonds is 5. The van der Waals surface area contributed by atoms with Gasteiger partial charge in [-0.1, -0.05) is 24.3 Å². The lowest BCUT2D eigenvalue weighted by Gasteiger charge is -2.22. The lowest BCUT2D eigenvalue weighted by molar-refractivity contribution is 0.524. The van der Waals surface area contributed by atoms with Crippen LogP contribution in [0.3, 0.4) is 0 Å². The van der Waals surface area contributed by atoms with Crippen LogP contribution in [0.4, 0.5) is 0 Å². The molecule has 1 atom stereocenters. The zero-order valence-corrected chi connectivity index (χ0v) is 14.1. The molecule has 21 heavy (non-hydrogen) atoms. The molecule has 3 heteroatoms. The van der Waals surface area contributed by atoms with Crippen molar-refractivity contribution >= 4 is 11.3 Å². The van der Waals surface area contributed by atoms with E-state index in [-0.39, 0.29) is 6.04 Å². The van der Waals surface area contributed by atoms with Crippen LogP contribution in [0.25, 0.3) is 0 Å². The van der Waals surface area contributed by atoms with Gasteiger partial charge < -0.3 is 5.32 Å². The van der Waals surface area contributed by atoms with Crippen LogP contribution >= 0.6 is 11.3 Å². The Hall–Kier alpha value is -1.19. The highest BCUT2D eigenvalue weighted by Crippen LogP contribution is 2.44. The van der Waals surface area contributed by atoms with Crippen LogP contribution in [0.1, 0.15) is 65.4 Å². The first-order chi connectivity index (χ1) is 10.1. The first-order valence-electron chi connectivity index (χ1n) is 7.85. The monoisotopic (exact) mass is 300 g/mol. The summed E-state index contributed by atoms with van der Waals surface area (Å²) in [6.07, 6.45) is 2.67. The SMILES string of the molecule is Cc1nc(C(NC(C)C)c2ccccc2C2CC2)sc1C. The molecule has 0 radical (unpaired) electrons. The minimum atomic E-state index is 0.221. The molecule has 0 spiro atoms. The zero-order chi connectivity index (χ0) is 15.0. The van der Waals surface area contributed by atoms with Crippen molar-refractivity contribution in [1.82, 2.24) is 10.3 Å². The van der Waals surface area contributed by atoms with Crippen LogP contribution in [0.5, 0.6) is 0 Å². The van der Waals surface area contributed by atoms with Gasteiger partial charge >= 0.3 is 0 Å². The van der Waals surface area contributed by atoms with Crippen molar-refractivity contribution in [3.63, 3.8) is 0 Å². The zero-order valence-electron chi connectivity index (χ0n) is 13.3. The Morgan fingerprint density at radius 3 is 2.48 bits per heavy atom. The highest BCUT2D eigenvalue weighted by Gasteiger charge is 2.30. The molecule has 1 aliphatic rings. The Labute approximate surface area is 131 Å².